The Morgan fingerprint density at radius 2 is 1.62 bits per heavy atom. The summed E-state index contributed by atoms with van der Waals surface area (Å²) in [5.41, 5.74) is 2.36. The number of carboxylic acid groups (broad SMARTS) is 1. The van der Waals surface area contributed by atoms with Crippen LogP contribution in [-0.2, 0) is 21.5 Å². The van der Waals surface area contributed by atoms with Crippen LogP contribution in [0.15, 0.2) is 48.5 Å². The number of carbonyl (C=O) groups excluding carboxylic acids is 1. The Labute approximate surface area is 141 Å². The molecule has 5 nitrogen and oxygen atoms in total. The first-order chi connectivity index (χ1) is 11.3. The number of rotatable bonds is 6. The Hall–Kier alpha value is -2.82. The van der Waals surface area contributed by atoms with Gasteiger partial charge >= 0.3 is 11.9 Å². The molecule has 5 heteroatoms. The third-order valence-electron chi connectivity index (χ3n) is 4.00. The number of hydrogen-bond donors (Lipinski definition) is 2. The molecule has 0 amide bonds. The van der Waals surface area contributed by atoms with Crippen LogP contribution in [0.3, 0.4) is 0 Å². The van der Waals surface area contributed by atoms with Crippen LogP contribution < -0.4 is 5.32 Å². The fraction of sp³-hybridized carbons (Fsp3) is 0.263. The molecule has 0 fully saturated rings. The molecule has 0 aliphatic heterocycles. The molecule has 0 bridgehead atoms. The van der Waals surface area contributed by atoms with Crippen LogP contribution in [0.5, 0.6) is 0 Å². The minimum absolute atomic E-state index is 0.271. The standard InChI is InChI=1S/C19H21NO4/c1-19(2,18(23)24-3)15-8-10-16(11-9-15)20-12-13-4-6-14(7-5-13)17(21)22/h4-11,20H,12H2,1-3H3,(H,21,22). The van der Waals surface area contributed by atoms with E-state index in [1.165, 1.54) is 7.11 Å². The molecule has 0 unspecified atom stereocenters. The topological polar surface area (TPSA) is 75.6 Å². The van der Waals surface area contributed by atoms with Gasteiger partial charge in [0.1, 0.15) is 0 Å². The van der Waals surface area contributed by atoms with Gasteiger partial charge in [-0.15, -0.1) is 0 Å². The molecular formula is C19H21NO4. The van der Waals surface area contributed by atoms with Crippen molar-refractivity contribution >= 4 is 17.6 Å². The van der Waals surface area contributed by atoms with E-state index < -0.39 is 11.4 Å². The molecule has 0 aliphatic rings. The van der Waals surface area contributed by atoms with Gasteiger partial charge < -0.3 is 15.2 Å². The molecule has 0 saturated heterocycles. The summed E-state index contributed by atoms with van der Waals surface area (Å²) in [5.74, 6) is -1.21. The van der Waals surface area contributed by atoms with E-state index in [1.807, 2.05) is 38.1 Å². The quantitative estimate of drug-likeness (QED) is 0.795. The average Bonchev–Trinajstić information content (AvgIpc) is 2.59. The van der Waals surface area contributed by atoms with E-state index in [9.17, 15) is 9.59 Å². The fourth-order valence-electron chi connectivity index (χ4n) is 2.35. The van der Waals surface area contributed by atoms with Crippen molar-refractivity contribution in [2.75, 3.05) is 12.4 Å². The van der Waals surface area contributed by atoms with E-state index in [4.69, 9.17) is 9.84 Å². The van der Waals surface area contributed by atoms with E-state index in [2.05, 4.69) is 5.32 Å². The largest absolute Gasteiger partial charge is 0.478 e. The zero-order valence-electron chi connectivity index (χ0n) is 14.0. The Kier molecular flexibility index (Phi) is 5.24. The molecule has 0 spiro atoms. The van der Waals surface area contributed by atoms with Gasteiger partial charge in [-0.05, 0) is 49.2 Å². The van der Waals surface area contributed by atoms with Crippen LogP contribution in [0.4, 0.5) is 5.69 Å². The Morgan fingerprint density at radius 3 is 2.12 bits per heavy atom. The lowest BCUT2D eigenvalue weighted by Crippen LogP contribution is -2.30. The van der Waals surface area contributed by atoms with E-state index in [0.29, 0.717) is 6.54 Å². The average molecular weight is 327 g/mol. The van der Waals surface area contributed by atoms with Crippen LogP contribution in [0.25, 0.3) is 0 Å². The lowest BCUT2D eigenvalue weighted by Gasteiger charge is -2.22. The van der Waals surface area contributed by atoms with Crippen LogP contribution in [0.1, 0.15) is 35.3 Å². The van der Waals surface area contributed by atoms with Gasteiger partial charge in [0.15, 0.2) is 0 Å². The van der Waals surface area contributed by atoms with Gasteiger partial charge in [-0.1, -0.05) is 24.3 Å². The second-order valence-electron chi connectivity index (χ2n) is 6.05. The molecule has 2 aromatic rings. The highest BCUT2D eigenvalue weighted by Gasteiger charge is 2.30. The third kappa shape index (κ3) is 3.93. The summed E-state index contributed by atoms with van der Waals surface area (Å²) in [4.78, 5) is 22.7. The molecule has 2 rings (SSSR count). The maximum absolute atomic E-state index is 11.8. The Bertz CT molecular complexity index is 718. The SMILES string of the molecule is COC(=O)C(C)(C)c1ccc(NCc2ccc(C(=O)O)cc2)cc1. The first kappa shape index (κ1) is 17.5. The van der Waals surface area contributed by atoms with Gasteiger partial charge in [0.25, 0.3) is 0 Å². The zero-order valence-corrected chi connectivity index (χ0v) is 14.0. The zero-order chi connectivity index (χ0) is 17.7. The highest BCUT2D eigenvalue weighted by molar-refractivity contribution is 5.87. The molecule has 0 atom stereocenters. The number of nitrogens with one attached hydrogen (secondary N) is 1. The lowest BCUT2D eigenvalue weighted by atomic mass is 9.85. The fourth-order valence-corrected chi connectivity index (χ4v) is 2.35. The summed E-state index contributed by atoms with van der Waals surface area (Å²) in [6.07, 6.45) is 0. The highest BCUT2D eigenvalue weighted by Crippen LogP contribution is 2.26. The molecule has 2 aromatic carbocycles. The number of ether oxygens (including phenoxy) is 1. The highest BCUT2D eigenvalue weighted by atomic mass is 16.5. The number of anilines is 1. The second kappa shape index (κ2) is 7.17. The maximum atomic E-state index is 11.8. The Morgan fingerprint density at radius 1 is 1.04 bits per heavy atom. The first-order valence-corrected chi connectivity index (χ1v) is 7.59. The maximum Gasteiger partial charge on any atom is 0.335 e. The van der Waals surface area contributed by atoms with Crippen LogP contribution >= 0.6 is 0 Å². The van der Waals surface area contributed by atoms with Crippen molar-refractivity contribution in [2.45, 2.75) is 25.8 Å². The van der Waals surface area contributed by atoms with Crippen LogP contribution in [0, 0.1) is 0 Å². The van der Waals surface area contributed by atoms with Crippen molar-refractivity contribution in [3.05, 3.63) is 65.2 Å². The molecule has 0 aliphatic carbocycles. The van der Waals surface area contributed by atoms with Gasteiger partial charge in [0.05, 0.1) is 18.1 Å². The molecule has 0 heterocycles. The van der Waals surface area contributed by atoms with E-state index in [0.717, 1.165) is 16.8 Å². The first-order valence-electron chi connectivity index (χ1n) is 7.59. The predicted molar refractivity (Wildman–Crippen MR) is 92.2 cm³/mol. The number of esters is 1. The van der Waals surface area contributed by atoms with Gasteiger partial charge in [-0.25, -0.2) is 4.79 Å². The van der Waals surface area contributed by atoms with E-state index >= 15 is 0 Å². The van der Waals surface area contributed by atoms with Crippen molar-refractivity contribution in [2.24, 2.45) is 0 Å². The number of benzene rings is 2. The van der Waals surface area contributed by atoms with Crippen molar-refractivity contribution in [1.29, 1.82) is 0 Å². The van der Waals surface area contributed by atoms with Crippen molar-refractivity contribution in [1.82, 2.24) is 0 Å². The minimum Gasteiger partial charge on any atom is -0.478 e. The molecule has 0 saturated carbocycles. The van der Waals surface area contributed by atoms with E-state index in [-0.39, 0.29) is 11.5 Å². The number of carbonyl (C=O) groups is 2. The van der Waals surface area contributed by atoms with Crippen LogP contribution in [0.2, 0.25) is 0 Å². The second-order valence-corrected chi connectivity index (χ2v) is 6.05. The van der Waals surface area contributed by atoms with Crippen molar-refractivity contribution < 1.29 is 19.4 Å². The Balaban J connectivity index is 2.01. The molecule has 0 radical (unpaired) electrons. The van der Waals surface area contributed by atoms with Gasteiger partial charge in [-0.3, -0.25) is 4.79 Å². The lowest BCUT2D eigenvalue weighted by molar-refractivity contribution is -0.146. The number of carboxylic acids is 1. The molecule has 24 heavy (non-hydrogen) atoms. The molecular weight excluding hydrogens is 306 g/mol. The summed E-state index contributed by atoms with van der Waals surface area (Å²) in [5, 5.41) is 12.2. The summed E-state index contributed by atoms with van der Waals surface area (Å²) in [6, 6.07) is 14.3. The normalized spacial score (nSPS) is 11.0. The number of methoxy groups -OCH3 is 1. The monoisotopic (exact) mass is 327 g/mol. The summed E-state index contributed by atoms with van der Waals surface area (Å²) < 4.78 is 4.84. The van der Waals surface area contributed by atoms with Gasteiger partial charge in [-0.2, -0.15) is 0 Å². The summed E-state index contributed by atoms with van der Waals surface area (Å²) in [7, 11) is 1.38. The van der Waals surface area contributed by atoms with Gasteiger partial charge in [0, 0.05) is 12.2 Å². The van der Waals surface area contributed by atoms with E-state index in [1.54, 1.807) is 24.3 Å². The summed E-state index contributed by atoms with van der Waals surface area (Å²) >= 11 is 0. The number of hydrogen-bond acceptors (Lipinski definition) is 4. The van der Waals surface area contributed by atoms with Crippen molar-refractivity contribution in [3.8, 4) is 0 Å². The molecule has 126 valence electrons. The smallest absolute Gasteiger partial charge is 0.335 e. The molecule has 0 aromatic heterocycles. The predicted octanol–water partition coefficient (Wildman–Crippen LogP) is 3.45. The van der Waals surface area contributed by atoms with Crippen molar-refractivity contribution in [3.63, 3.8) is 0 Å². The minimum atomic E-state index is -0.932. The summed E-state index contributed by atoms with van der Waals surface area (Å²) in [6.45, 7) is 4.23. The van der Waals surface area contributed by atoms with Gasteiger partial charge in [0.2, 0.25) is 0 Å². The number of aromatic carboxylic acids is 1. The van der Waals surface area contributed by atoms with Crippen LogP contribution in [-0.4, -0.2) is 24.2 Å². The third-order valence-corrected chi connectivity index (χ3v) is 4.00. The molecule has 2 N–H and O–H groups in total.